The van der Waals surface area contributed by atoms with E-state index in [0.29, 0.717) is 31.3 Å². The fraction of sp³-hybridized carbons (Fsp3) is 0.667. The molecule has 1 aromatic heterocycles. The van der Waals surface area contributed by atoms with Crippen molar-refractivity contribution in [1.29, 1.82) is 0 Å². The van der Waals surface area contributed by atoms with Gasteiger partial charge in [0.15, 0.2) is 5.76 Å². The maximum Gasteiger partial charge on any atom is 0.289 e. The number of carbonyl (C=O) groups excluding carboxylic acids is 2. The molecule has 3 saturated heterocycles. The highest BCUT2D eigenvalue weighted by molar-refractivity contribution is 5.91. The lowest BCUT2D eigenvalue weighted by atomic mass is 9.79. The summed E-state index contributed by atoms with van der Waals surface area (Å²) in [6, 6.07) is 3.42. The Labute approximate surface area is 147 Å². The first-order valence-electron chi connectivity index (χ1n) is 9.11. The van der Waals surface area contributed by atoms with Crippen LogP contribution in [0.4, 0.5) is 0 Å². The molecule has 3 fully saturated rings. The van der Waals surface area contributed by atoms with Gasteiger partial charge in [-0.3, -0.25) is 9.59 Å². The van der Waals surface area contributed by atoms with Crippen LogP contribution < -0.4 is 5.32 Å². The summed E-state index contributed by atoms with van der Waals surface area (Å²) in [7, 11) is 2.10. The second-order valence-electron chi connectivity index (χ2n) is 7.60. The highest BCUT2D eigenvalue weighted by Gasteiger charge is 2.55. The SMILES string of the molecule is CN1CC2CNCC2(C(=O)N2CCCN(C(=O)c3ccco3)CC2)C1. The molecule has 0 spiro atoms. The molecule has 0 radical (unpaired) electrons. The third kappa shape index (κ3) is 2.85. The molecule has 4 rings (SSSR count). The van der Waals surface area contributed by atoms with Gasteiger partial charge in [-0.05, 0) is 25.6 Å². The smallest absolute Gasteiger partial charge is 0.289 e. The Kier molecular flexibility index (Phi) is 4.29. The maximum absolute atomic E-state index is 13.3. The van der Waals surface area contributed by atoms with Crippen molar-refractivity contribution in [3.8, 4) is 0 Å². The van der Waals surface area contributed by atoms with Crippen molar-refractivity contribution in [2.75, 3.05) is 59.4 Å². The summed E-state index contributed by atoms with van der Waals surface area (Å²) in [6.07, 6.45) is 2.33. The number of carbonyl (C=O) groups is 2. The molecule has 2 atom stereocenters. The molecule has 7 heteroatoms. The first-order valence-corrected chi connectivity index (χ1v) is 9.11. The van der Waals surface area contributed by atoms with E-state index in [1.165, 1.54) is 6.26 Å². The molecule has 0 aromatic carbocycles. The van der Waals surface area contributed by atoms with E-state index in [9.17, 15) is 9.59 Å². The molecule has 0 saturated carbocycles. The summed E-state index contributed by atoms with van der Waals surface area (Å²) in [6.45, 7) is 6.06. The van der Waals surface area contributed by atoms with Gasteiger partial charge in [0, 0.05) is 58.3 Å². The first-order chi connectivity index (χ1) is 12.1. The van der Waals surface area contributed by atoms with Crippen LogP contribution in [-0.4, -0.2) is 85.9 Å². The summed E-state index contributed by atoms with van der Waals surface area (Å²) in [5.41, 5.74) is -0.283. The number of rotatable bonds is 2. The Morgan fingerprint density at radius 1 is 1.24 bits per heavy atom. The van der Waals surface area contributed by atoms with Crippen molar-refractivity contribution >= 4 is 11.8 Å². The number of likely N-dealkylation sites (tertiary alicyclic amines) is 1. The van der Waals surface area contributed by atoms with Gasteiger partial charge in [-0.25, -0.2) is 0 Å². The Morgan fingerprint density at radius 2 is 2.04 bits per heavy atom. The van der Waals surface area contributed by atoms with Gasteiger partial charge >= 0.3 is 0 Å². The number of amides is 2. The molecule has 2 unspecified atom stereocenters. The Balaban J connectivity index is 1.44. The molecule has 1 aromatic rings. The zero-order valence-corrected chi connectivity index (χ0v) is 14.7. The van der Waals surface area contributed by atoms with Crippen molar-refractivity contribution < 1.29 is 14.0 Å². The molecule has 25 heavy (non-hydrogen) atoms. The van der Waals surface area contributed by atoms with E-state index in [4.69, 9.17) is 4.42 Å². The third-order valence-electron chi connectivity index (χ3n) is 5.92. The largest absolute Gasteiger partial charge is 0.459 e. The van der Waals surface area contributed by atoms with E-state index in [2.05, 4.69) is 17.3 Å². The minimum atomic E-state index is -0.283. The lowest BCUT2D eigenvalue weighted by Gasteiger charge is -2.33. The van der Waals surface area contributed by atoms with Gasteiger partial charge in [0.2, 0.25) is 5.91 Å². The lowest BCUT2D eigenvalue weighted by Crippen LogP contribution is -2.50. The van der Waals surface area contributed by atoms with Crippen LogP contribution in [0.1, 0.15) is 17.0 Å². The molecule has 2 amide bonds. The van der Waals surface area contributed by atoms with Crippen LogP contribution >= 0.6 is 0 Å². The monoisotopic (exact) mass is 346 g/mol. The number of hydrogen-bond donors (Lipinski definition) is 1. The molecular weight excluding hydrogens is 320 g/mol. The van der Waals surface area contributed by atoms with Crippen molar-refractivity contribution in [1.82, 2.24) is 20.0 Å². The lowest BCUT2D eigenvalue weighted by molar-refractivity contribution is -0.141. The Morgan fingerprint density at radius 3 is 2.84 bits per heavy atom. The van der Waals surface area contributed by atoms with E-state index >= 15 is 0 Å². The van der Waals surface area contributed by atoms with E-state index < -0.39 is 0 Å². The average Bonchev–Trinajstić information content (AvgIpc) is 3.26. The average molecular weight is 346 g/mol. The fourth-order valence-electron chi connectivity index (χ4n) is 4.67. The predicted octanol–water partition coefficient (Wildman–Crippen LogP) is 0.105. The van der Waals surface area contributed by atoms with Gasteiger partial charge in [-0.1, -0.05) is 0 Å². The van der Waals surface area contributed by atoms with E-state index in [0.717, 1.165) is 39.1 Å². The molecule has 7 nitrogen and oxygen atoms in total. The van der Waals surface area contributed by atoms with Crippen LogP contribution in [-0.2, 0) is 4.79 Å². The van der Waals surface area contributed by atoms with Crippen molar-refractivity contribution in [3.05, 3.63) is 24.2 Å². The van der Waals surface area contributed by atoms with Gasteiger partial charge in [-0.15, -0.1) is 0 Å². The van der Waals surface area contributed by atoms with Gasteiger partial charge in [0.1, 0.15) is 0 Å². The number of nitrogens with one attached hydrogen (secondary N) is 1. The second-order valence-corrected chi connectivity index (χ2v) is 7.60. The highest BCUT2D eigenvalue weighted by Crippen LogP contribution is 2.40. The zero-order valence-electron chi connectivity index (χ0n) is 14.7. The maximum atomic E-state index is 13.3. The van der Waals surface area contributed by atoms with Gasteiger partial charge in [-0.2, -0.15) is 0 Å². The molecule has 3 aliphatic heterocycles. The molecule has 0 bridgehead atoms. The van der Waals surface area contributed by atoms with E-state index in [1.807, 2.05) is 4.90 Å². The second kappa shape index (κ2) is 6.46. The quantitative estimate of drug-likeness (QED) is 0.823. The highest BCUT2D eigenvalue weighted by atomic mass is 16.3. The molecule has 0 aliphatic carbocycles. The van der Waals surface area contributed by atoms with Crippen molar-refractivity contribution in [3.63, 3.8) is 0 Å². The predicted molar refractivity (Wildman–Crippen MR) is 92.1 cm³/mol. The van der Waals surface area contributed by atoms with Crippen LogP contribution in [0.5, 0.6) is 0 Å². The van der Waals surface area contributed by atoms with Crippen LogP contribution in [0.15, 0.2) is 22.8 Å². The summed E-state index contributed by atoms with van der Waals surface area (Å²) >= 11 is 0. The number of hydrogen-bond acceptors (Lipinski definition) is 5. The summed E-state index contributed by atoms with van der Waals surface area (Å²) < 4.78 is 5.23. The summed E-state index contributed by atoms with van der Waals surface area (Å²) in [4.78, 5) is 31.9. The van der Waals surface area contributed by atoms with Crippen LogP contribution in [0, 0.1) is 11.3 Å². The summed E-state index contributed by atoms with van der Waals surface area (Å²) in [5.74, 6) is 0.947. The fourth-order valence-corrected chi connectivity index (χ4v) is 4.67. The van der Waals surface area contributed by atoms with Crippen molar-refractivity contribution in [2.45, 2.75) is 6.42 Å². The van der Waals surface area contributed by atoms with E-state index in [-0.39, 0.29) is 17.2 Å². The number of furan rings is 1. The minimum Gasteiger partial charge on any atom is -0.459 e. The molecule has 4 heterocycles. The van der Waals surface area contributed by atoms with Crippen LogP contribution in [0.25, 0.3) is 0 Å². The molecule has 3 aliphatic rings. The molecule has 1 N–H and O–H groups in total. The third-order valence-corrected chi connectivity index (χ3v) is 5.92. The van der Waals surface area contributed by atoms with Gasteiger partial charge in [0.05, 0.1) is 11.7 Å². The van der Waals surface area contributed by atoms with Crippen LogP contribution in [0.3, 0.4) is 0 Å². The van der Waals surface area contributed by atoms with Crippen LogP contribution in [0.2, 0.25) is 0 Å². The summed E-state index contributed by atoms with van der Waals surface area (Å²) in [5, 5.41) is 3.42. The van der Waals surface area contributed by atoms with Gasteiger partial charge < -0.3 is 24.4 Å². The molecule has 136 valence electrons. The first kappa shape index (κ1) is 16.6. The standard InChI is InChI=1S/C18H26N4O3/c1-20-11-14-10-19-12-18(14,13-20)17(24)22-6-3-5-21(7-8-22)16(23)15-4-2-9-25-15/h2,4,9,14,19H,3,5-8,10-13H2,1H3. The van der Waals surface area contributed by atoms with Crippen molar-refractivity contribution in [2.24, 2.45) is 11.3 Å². The Hall–Kier alpha value is -1.86. The minimum absolute atomic E-state index is 0.0847. The zero-order chi connectivity index (χ0) is 17.4. The Bertz CT molecular complexity index is 647. The van der Waals surface area contributed by atoms with Gasteiger partial charge in [0.25, 0.3) is 5.91 Å². The number of nitrogens with zero attached hydrogens (tertiary/aromatic N) is 3. The van der Waals surface area contributed by atoms with E-state index in [1.54, 1.807) is 17.0 Å². The molecular formula is C18H26N4O3. The normalized spacial score (nSPS) is 30.4. The number of fused-ring (bicyclic) bond motifs is 1. The topological polar surface area (TPSA) is 69.0 Å².